The first kappa shape index (κ1) is 11.7. The highest BCUT2D eigenvalue weighted by Crippen LogP contribution is 2.27. The minimum atomic E-state index is -3.16. The number of thioether (sulfide) groups is 1. The number of halogens is 1. The van der Waals surface area contributed by atoms with E-state index >= 15 is 0 Å². The van der Waals surface area contributed by atoms with Gasteiger partial charge in [0.15, 0.2) is 9.84 Å². The fourth-order valence-electron chi connectivity index (χ4n) is 1.36. The molecule has 0 aromatic heterocycles. The second-order valence-electron chi connectivity index (χ2n) is 3.19. The van der Waals surface area contributed by atoms with Crippen molar-refractivity contribution < 1.29 is 8.42 Å². The molecule has 1 aliphatic rings. The third kappa shape index (κ3) is 2.48. The zero-order valence-corrected chi connectivity index (χ0v) is 11.6. The minimum Gasteiger partial charge on any atom is -0.306 e. The van der Waals surface area contributed by atoms with Crippen LogP contribution >= 0.6 is 34.4 Å². The van der Waals surface area contributed by atoms with Gasteiger partial charge in [-0.3, -0.25) is 0 Å². The van der Waals surface area contributed by atoms with Crippen LogP contribution in [0.1, 0.15) is 0 Å². The molecule has 0 saturated carbocycles. The van der Waals surface area contributed by atoms with Crippen molar-refractivity contribution in [1.82, 2.24) is 5.32 Å². The van der Waals surface area contributed by atoms with Crippen LogP contribution in [0.15, 0.2) is 29.2 Å². The first-order chi connectivity index (χ1) is 7.10. The predicted octanol–water partition coefficient (Wildman–Crippen LogP) is 1.68. The largest absolute Gasteiger partial charge is 0.306 e. The van der Waals surface area contributed by atoms with Gasteiger partial charge in [0.1, 0.15) is 4.58 Å². The lowest BCUT2D eigenvalue weighted by Gasteiger charge is -2.09. The van der Waals surface area contributed by atoms with E-state index in [2.05, 4.69) is 27.9 Å². The van der Waals surface area contributed by atoms with Crippen LogP contribution in [0.5, 0.6) is 0 Å². The molecule has 15 heavy (non-hydrogen) atoms. The van der Waals surface area contributed by atoms with Crippen LogP contribution in [0.2, 0.25) is 0 Å². The van der Waals surface area contributed by atoms with Crippen LogP contribution in [-0.4, -0.2) is 25.4 Å². The summed E-state index contributed by atoms with van der Waals surface area (Å²) in [4.78, 5) is 0.420. The molecular formula is C9H10INO2S2. The Morgan fingerprint density at radius 3 is 2.53 bits per heavy atom. The molecule has 1 aliphatic heterocycles. The summed E-state index contributed by atoms with van der Waals surface area (Å²) in [5.41, 5.74) is 0. The molecule has 1 atom stereocenters. The highest BCUT2D eigenvalue weighted by molar-refractivity contribution is 14.1. The Morgan fingerprint density at radius 1 is 1.33 bits per heavy atom. The molecule has 0 spiro atoms. The van der Waals surface area contributed by atoms with E-state index in [9.17, 15) is 8.42 Å². The van der Waals surface area contributed by atoms with Crippen molar-refractivity contribution in [3.63, 3.8) is 0 Å². The first-order valence-corrected chi connectivity index (χ1v) is 8.10. The molecule has 1 aromatic rings. The van der Waals surface area contributed by atoms with E-state index < -0.39 is 9.84 Å². The van der Waals surface area contributed by atoms with Gasteiger partial charge < -0.3 is 5.32 Å². The number of benzene rings is 1. The van der Waals surface area contributed by atoms with Gasteiger partial charge in [0.2, 0.25) is 0 Å². The van der Waals surface area contributed by atoms with E-state index in [0.717, 1.165) is 3.57 Å². The Kier molecular flexibility index (Phi) is 3.59. The van der Waals surface area contributed by atoms with Crippen LogP contribution in [0.25, 0.3) is 0 Å². The number of nitrogens with one attached hydrogen (secondary N) is 1. The Morgan fingerprint density at radius 2 is 2.00 bits per heavy atom. The molecule has 0 aliphatic carbocycles. The van der Waals surface area contributed by atoms with Crippen molar-refractivity contribution in [3.05, 3.63) is 27.8 Å². The number of sulfone groups is 1. The molecule has 6 heteroatoms. The Labute approximate surface area is 107 Å². The highest BCUT2D eigenvalue weighted by Gasteiger charge is 2.30. The molecule has 0 amide bonds. The molecule has 1 heterocycles. The highest BCUT2D eigenvalue weighted by atomic mass is 127. The zero-order valence-electron chi connectivity index (χ0n) is 7.81. The molecule has 1 unspecified atom stereocenters. The molecule has 3 nitrogen and oxygen atoms in total. The topological polar surface area (TPSA) is 46.2 Å². The number of rotatable bonds is 2. The maximum atomic E-state index is 12.1. The lowest BCUT2D eigenvalue weighted by atomic mass is 10.4. The second kappa shape index (κ2) is 4.60. The monoisotopic (exact) mass is 355 g/mol. The normalized spacial score (nSPS) is 21.8. The standard InChI is InChI=1S/C9H10INO2S2/c10-7-1-3-8(4-2-7)15(12,13)9-5-11-6-14-9/h1-4,9,11H,5-6H2. The van der Waals surface area contributed by atoms with Gasteiger partial charge in [-0.15, -0.1) is 11.8 Å². The van der Waals surface area contributed by atoms with E-state index in [0.29, 0.717) is 17.3 Å². The molecule has 0 radical (unpaired) electrons. The quantitative estimate of drug-likeness (QED) is 0.821. The lowest BCUT2D eigenvalue weighted by Crippen LogP contribution is -2.22. The number of hydrogen-bond donors (Lipinski definition) is 1. The summed E-state index contributed by atoms with van der Waals surface area (Å²) >= 11 is 3.61. The number of hydrogen-bond acceptors (Lipinski definition) is 4. The summed E-state index contributed by atoms with van der Waals surface area (Å²) in [6.07, 6.45) is 0. The lowest BCUT2D eigenvalue weighted by molar-refractivity contribution is 0.592. The van der Waals surface area contributed by atoms with Crippen LogP contribution in [0.4, 0.5) is 0 Å². The molecule has 1 N–H and O–H groups in total. The van der Waals surface area contributed by atoms with Crippen molar-refractivity contribution in [2.75, 3.05) is 12.4 Å². The summed E-state index contributed by atoms with van der Waals surface area (Å²) in [6, 6.07) is 6.99. The molecule has 82 valence electrons. The summed E-state index contributed by atoms with van der Waals surface area (Å²) in [5.74, 6) is 0.717. The fourth-order valence-corrected chi connectivity index (χ4v) is 4.79. The van der Waals surface area contributed by atoms with Gasteiger partial charge in [-0.05, 0) is 46.9 Å². The van der Waals surface area contributed by atoms with Gasteiger partial charge >= 0.3 is 0 Å². The average molecular weight is 355 g/mol. The molecule has 1 aromatic carbocycles. The van der Waals surface area contributed by atoms with E-state index in [-0.39, 0.29) is 4.58 Å². The molecule has 0 bridgehead atoms. The Hall–Kier alpha value is 0.210. The Balaban J connectivity index is 2.32. The van der Waals surface area contributed by atoms with Gasteiger partial charge in [0.25, 0.3) is 0 Å². The second-order valence-corrected chi connectivity index (χ2v) is 8.06. The average Bonchev–Trinajstić information content (AvgIpc) is 2.71. The third-order valence-corrected chi connectivity index (χ3v) is 6.76. The molecule has 1 fully saturated rings. The van der Waals surface area contributed by atoms with Crippen LogP contribution < -0.4 is 5.32 Å². The molecular weight excluding hydrogens is 345 g/mol. The van der Waals surface area contributed by atoms with Gasteiger partial charge in [-0.1, -0.05) is 0 Å². The van der Waals surface area contributed by atoms with Crippen molar-refractivity contribution in [2.45, 2.75) is 9.48 Å². The van der Waals surface area contributed by atoms with Crippen molar-refractivity contribution >= 4 is 44.2 Å². The van der Waals surface area contributed by atoms with Crippen LogP contribution in [-0.2, 0) is 9.84 Å². The van der Waals surface area contributed by atoms with E-state index in [1.807, 2.05) is 12.1 Å². The smallest absolute Gasteiger partial charge is 0.191 e. The third-order valence-electron chi connectivity index (χ3n) is 2.17. The summed E-state index contributed by atoms with van der Waals surface area (Å²) in [5, 5.41) is 3.04. The van der Waals surface area contributed by atoms with E-state index in [4.69, 9.17) is 0 Å². The van der Waals surface area contributed by atoms with Gasteiger partial charge in [0.05, 0.1) is 4.90 Å². The van der Waals surface area contributed by atoms with Crippen LogP contribution in [0, 0.1) is 3.57 Å². The van der Waals surface area contributed by atoms with Gasteiger partial charge in [-0.2, -0.15) is 0 Å². The van der Waals surface area contributed by atoms with E-state index in [1.54, 1.807) is 12.1 Å². The fraction of sp³-hybridized carbons (Fsp3) is 0.333. The predicted molar refractivity (Wildman–Crippen MR) is 70.6 cm³/mol. The molecule has 1 saturated heterocycles. The summed E-state index contributed by atoms with van der Waals surface area (Å²) in [7, 11) is -3.16. The van der Waals surface area contributed by atoms with Crippen molar-refractivity contribution in [2.24, 2.45) is 0 Å². The minimum absolute atomic E-state index is 0.336. The van der Waals surface area contributed by atoms with Gasteiger partial charge in [-0.25, -0.2) is 8.42 Å². The Bertz CT molecular complexity index is 438. The summed E-state index contributed by atoms with van der Waals surface area (Å²) in [6.45, 7) is 0.541. The SMILES string of the molecule is O=S(=O)(c1ccc(I)cc1)C1CNCS1. The summed E-state index contributed by atoms with van der Waals surface area (Å²) < 4.78 is 24.9. The maximum absolute atomic E-state index is 12.1. The van der Waals surface area contributed by atoms with Crippen molar-refractivity contribution in [1.29, 1.82) is 0 Å². The van der Waals surface area contributed by atoms with E-state index in [1.165, 1.54) is 11.8 Å². The first-order valence-electron chi connectivity index (χ1n) is 4.42. The maximum Gasteiger partial charge on any atom is 0.191 e. The van der Waals surface area contributed by atoms with Gasteiger partial charge in [0, 0.05) is 16.0 Å². The molecule has 2 rings (SSSR count). The zero-order chi connectivity index (χ0) is 10.9. The van der Waals surface area contributed by atoms with Crippen LogP contribution in [0.3, 0.4) is 0 Å². The van der Waals surface area contributed by atoms with Crippen molar-refractivity contribution in [3.8, 4) is 0 Å².